The quantitative estimate of drug-likeness (QED) is 0.191. The van der Waals surface area contributed by atoms with E-state index >= 15 is 0 Å². The zero-order valence-electron chi connectivity index (χ0n) is 21.9. The molecule has 2 heterocycles. The van der Waals surface area contributed by atoms with Gasteiger partial charge >= 0.3 is 5.97 Å². The maximum absolute atomic E-state index is 13.4. The van der Waals surface area contributed by atoms with Gasteiger partial charge in [0.25, 0.3) is 0 Å². The minimum atomic E-state index is -0.606. The van der Waals surface area contributed by atoms with Gasteiger partial charge in [-0.1, -0.05) is 41.6 Å². The number of esters is 1. The Labute approximate surface area is 240 Å². The summed E-state index contributed by atoms with van der Waals surface area (Å²) >= 11 is 11.4. The smallest absolute Gasteiger partial charge is 0.338 e. The number of fused-ring (bicyclic) bond motifs is 1. The molecule has 1 aromatic heterocycles. The molecule has 38 heavy (non-hydrogen) atoms. The molecule has 11 heteroatoms. The Morgan fingerprint density at radius 1 is 1.21 bits per heavy atom. The third-order valence-electron chi connectivity index (χ3n) is 5.65. The lowest BCUT2D eigenvalue weighted by atomic mass is 9.95. The predicted molar refractivity (Wildman–Crippen MR) is 153 cm³/mol. The van der Waals surface area contributed by atoms with Crippen LogP contribution in [0.1, 0.15) is 51.8 Å². The molecule has 0 spiro atoms. The number of anilines is 1. The number of hydrogen-bond acceptors (Lipinski definition) is 8. The van der Waals surface area contributed by atoms with Gasteiger partial charge in [0.1, 0.15) is 6.04 Å². The number of benzene rings is 2. The number of aromatic nitrogens is 3. The Morgan fingerprint density at radius 2 is 1.95 bits per heavy atom. The van der Waals surface area contributed by atoms with Crippen LogP contribution in [-0.2, 0) is 15.3 Å². The molecular formula is C27H30BrClN4O4S. The highest BCUT2D eigenvalue weighted by Gasteiger charge is 2.36. The van der Waals surface area contributed by atoms with Crippen molar-refractivity contribution in [2.24, 2.45) is 0 Å². The van der Waals surface area contributed by atoms with Gasteiger partial charge in [0.2, 0.25) is 11.1 Å². The van der Waals surface area contributed by atoms with Gasteiger partial charge in [-0.15, -0.1) is 5.10 Å². The van der Waals surface area contributed by atoms with Crippen molar-refractivity contribution >= 4 is 51.2 Å². The summed E-state index contributed by atoms with van der Waals surface area (Å²) in [5.74, 6) is 1.88. The molecule has 1 unspecified atom stereocenters. The van der Waals surface area contributed by atoms with Crippen LogP contribution < -0.4 is 14.8 Å². The predicted octanol–water partition coefficient (Wildman–Crippen LogP) is 7.02. The maximum atomic E-state index is 13.4. The van der Waals surface area contributed by atoms with Gasteiger partial charge in [0.05, 0.1) is 29.4 Å². The Morgan fingerprint density at radius 3 is 2.63 bits per heavy atom. The van der Waals surface area contributed by atoms with E-state index in [1.807, 2.05) is 71.0 Å². The Balaban J connectivity index is 1.79. The molecule has 0 aliphatic carbocycles. The van der Waals surface area contributed by atoms with Gasteiger partial charge in [-0.2, -0.15) is 4.98 Å². The molecule has 202 valence electrons. The second-order valence-corrected chi connectivity index (χ2v) is 11.0. The molecule has 1 N–H and O–H groups in total. The van der Waals surface area contributed by atoms with E-state index in [4.69, 9.17) is 35.9 Å². The number of carbonyl (C=O) groups excluding carboxylic acids is 1. The topological polar surface area (TPSA) is 87.5 Å². The Kier molecular flexibility index (Phi) is 9.27. The standard InChI is InChI=1S/C27H30BrClN4O4S/c1-6-35-21-13-18(12-19(28)24(21)36-7-2)23-22(25(34)37-15(3)4)16(5)30-26-31-27(32-33(23)26)38-14-17-10-8-9-11-20(17)29/h8-13,15,23H,6-7,14H2,1-5H3,(H,30,31,32). The molecule has 0 bridgehead atoms. The number of hydrogen-bond donors (Lipinski definition) is 1. The van der Waals surface area contributed by atoms with Crippen LogP contribution in [0.5, 0.6) is 11.5 Å². The van der Waals surface area contributed by atoms with Crippen LogP contribution in [0.15, 0.2) is 57.3 Å². The molecule has 0 amide bonds. The average Bonchev–Trinajstić information content (AvgIpc) is 3.26. The van der Waals surface area contributed by atoms with E-state index in [1.54, 1.807) is 4.68 Å². The highest BCUT2D eigenvalue weighted by atomic mass is 79.9. The number of halogens is 2. The van der Waals surface area contributed by atoms with E-state index < -0.39 is 12.0 Å². The highest BCUT2D eigenvalue weighted by Crippen LogP contribution is 2.43. The second-order valence-electron chi connectivity index (χ2n) is 8.76. The summed E-state index contributed by atoms with van der Waals surface area (Å²) in [6.07, 6.45) is -0.284. The summed E-state index contributed by atoms with van der Waals surface area (Å²) in [6, 6.07) is 10.9. The lowest BCUT2D eigenvalue weighted by Gasteiger charge is -2.29. The fraction of sp³-hybridized carbons (Fsp3) is 0.370. The maximum Gasteiger partial charge on any atom is 0.338 e. The van der Waals surface area contributed by atoms with E-state index in [1.165, 1.54) is 11.8 Å². The zero-order chi connectivity index (χ0) is 27.4. The first-order chi connectivity index (χ1) is 18.2. The van der Waals surface area contributed by atoms with Crippen molar-refractivity contribution in [3.05, 3.63) is 68.3 Å². The first kappa shape index (κ1) is 28.3. The van der Waals surface area contributed by atoms with Gasteiger partial charge in [0.15, 0.2) is 11.5 Å². The van der Waals surface area contributed by atoms with Crippen LogP contribution in [0.2, 0.25) is 5.02 Å². The lowest BCUT2D eigenvalue weighted by Crippen LogP contribution is -2.30. The summed E-state index contributed by atoms with van der Waals surface area (Å²) in [5, 5.41) is 9.29. The summed E-state index contributed by atoms with van der Waals surface area (Å²) in [6.45, 7) is 10.2. The highest BCUT2D eigenvalue weighted by molar-refractivity contribution is 9.10. The molecule has 1 aliphatic rings. The summed E-state index contributed by atoms with van der Waals surface area (Å²) in [7, 11) is 0. The fourth-order valence-corrected chi connectivity index (χ4v) is 5.78. The number of thioether (sulfide) groups is 1. The number of carbonyl (C=O) groups is 1. The molecular weight excluding hydrogens is 592 g/mol. The van der Waals surface area contributed by atoms with Crippen LogP contribution in [0.3, 0.4) is 0 Å². The number of nitrogens with zero attached hydrogens (tertiary/aromatic N) is 3. The Hall–Kier alpha value is -2.69. The summed E-state index contributed by atoms with van der Waals surface area (Å²) in [5.41, 5.74) is 2.85. The van der Waals surface area contributed by atoms with Crippen molar-refractivity contribution in [2.75, 3.05) is 18.5 Å². The molecule has 3 aromatic rings. The fourth-order valence-electron chi connectivity index (χ4n) is 4.09. The molecule has 0 saturated heterocycles. The van der Waals surface area contributed by atoms with E-state index in [0.29, 0.717) is 62.3 Å². The minimum Gasteiger partial charge on any atom is -0.490 e. The zero-order valence-corrected chi connectivity index (χ0v) is 25.0. The van der Waals surface area contributed by atoms with E-state index in [0.717, 1.165) is 11.1 Å². The van der Waals surface area contributed by atoms with Crippen LogP contribution in [0.25, 0.3) is 0 Å². The summed E-state index contributed by atoms with van der Waals surface area (Å²) in [4.78, 5) is 18.1. The Bertz CT molecular complexity index is 1360. The van der Waals surface area contributed by atoms with Gasteiger partial charge in [-0.25, -0.2) is 9.48 Å². The van der Waals surface area contributed by atoms with Crippen molar-refractivity contribution in [1.82, 2.24) is 14.8 Å². The molecule has 1 atom stereocenters. The number of allylic oxidation sites excluding steroid dienone is 1. The van der Waals surface area contributed by atoms with Crippen molar-refractivity contribution in [3.63, 3.8) is 0 Å². The second kappa shape index (κ2) is 12.4. The summed E-state index contributed by atoms with van der Waals surface area (Å²) < 4.78 is 19.8. The van der Waals surface area contributed by atoms with E-state index in [2.05, 4.69) is 21.2 Å². The molecule has 0 fully saturated rings. The van der Waals surface area contributed by atoms with Crippen molar-refractivity contribution in [3.8, 4) is 11.5 Å². The number of ether oxygens (including phenoxy) is 3. The normalized spacial score (nSPS) is 14.8. The van der Waals surface area contributed by atoms with Crippen molar-refractivity contribution in [1.29, 1.82) is 0 Å². The third kappa shape index (κ3) is 6.13. The molecule has 8 nitrogen and oxygen atoms in total. The van der Waals surface area contributed by atoms with E-state index in [-0.39, 0.29) is 6.10 Å². The SMILES string of the molecule is CCOc1cc(C2C(C(=O)OC(C)C)=C(C)Nc3nc(SCc4ccccc4Cl)nn32)cc(Br)c1OCC. The first-order valence-corrected chi connectivity index (χ1v) is 14.5. The lowest BCUT2D eigenvalue weighted by molar-refractivity contribution is -0.143. The van der Waals surface area contributed by atoms with Crippen LogP contribution >= 0.6 is 39.3 Å². The van der Waals surface area contributed by atoms with Gasteiger partial charge in [0, 0.05) is 16.5 Å². The third-order valence-corrected chi connectivity index (χ3v) is 7.49. The van der Waals surface area contributed by atoms with Crippen LogP contribution in [0, 0.1) is 0 Å². The molecule has 0 radical (unpaired) electrons. The van der Waals surface area contributed by atoms with Gasteiger partial charge < -0.3 is 19.5 Å². The molecule has 2 aromatic carbocycles. The van der Waals surface area contributed by atoms with Crippen LogP contribution in [0.4, 0.5) is 5.95 Å². The van der Waals surface area contributed by atoms with Gasteiger partial charge in [-0.3, -0.25) is 0 Å². The largest absolute Gasteiger partial charge is 0.490 e. The van der Waals surface area contributed by atoms with Gasteiger partial charge in [-0.05, 0) is 79.9 Å². The minimum absolute atomic E-state index is 0.284. The average molecular weight is 622 g/mol. The van der Waals surface area contributed by atoms with Crippen molar-refractivity contribution in [2.45, 2.75) is 57.7 Å². The molecule has 1 aliphatic heterocycles. The van der Waals surface area contributed by atoms with E-state index in [9.17, 15) is 4.79 Å². The molecule has 4 rings (SSSR count). The number of rotatable bonds is 10. The van der Waals surface area contributed by atoms with Crippen molar-refractivity contribution < 1.29 is 19.0 Å². The molecule has 0 saturated carbocycles. The van der Waals surface area contributed by atoms with Crippen LogP contribution in [-0.4, -0.2) is 40.1 Å². The first-order valence-electron chi connectivity index (χ1n) is 12.3. The number of nitrogens with one attached hydrogen (secondary N) is 1. The monoisotopic (exact) mass is 620 g/mol.